The Kier molecular flexibility index (Phi) is 7.64. The number of carbonyl (C=O) groups is 1. The van der Waals surface area contributed by atoms with Crippen LogP contribution in [0, 0.1) is 5.41 Å². The van der Waals surface area contributed by atoms with Gasteiger partial charge < -0.3 is 15.0 Å². The topological polar surface area (TPSA) is 41.6 Å². The molecule has 21 heavy (non-hydrogen) atoms. The molecule has 7 heteroatoms. The van der Waals surface area contributed by atoms with E-state index >= 15 is 0 Å². The summed E-state index contributed by atoms with van der Waals surface area (Å²) in [6.07, 6.45) is 1.69. The van der Waals surface area contributed by atoms with Crippen LogP contribution in [-0.2, 0) is 16.1 Å². The quantitative estimate of drug-likeness (QED) is 0.830. The summed E-state index contributed by atoms with van der Waals surface area (Å²) in [5.41, 5.74) is 0.807. The van der Waals surface area contributed by atoms with E-state index in [1.54, 1.807) is 18.4 Å². The second-order valence-electron chi connectivity index (χ2n) is 5.38. The molecule has 1 saturated heterocycles. The molecule has 0 unspecified atom stereocenters. The molecule has 1 aromatic heterocycles. The van der Waals surface area contributed by atoms with E-state index in [4.69, 9.17) is 4.74 Å². The molecule has 0 aliphatic carbocycles. The molecule has 0 atom stereocenters. The van der Waals surface area contributed by atoms with Crippen LogP contribution in [0.5, 0.6) is 0 Å². The van der Waals surface area contributed by atoms with Crippen LogP contribution in [0.15, 0.2) is 15.2 Å². The summed E-state index contributed by atoms with van der Waals surface area (Å²) in [6, 6.07) is 2.07. The normalized spacial score (nSPS) is 17.1. The van der Waals surface area contributed by atoms with Gasteiger partial charge in [-0.05, 0) is 58.9 Å². The Hall–Kier alpha value is -0.140. The lowest BCUT2D eigenvalue weighted by Gasteiger charge is -2.38. The van der Waals surface area contributed by atoms with Crippen LogP contribution in [0.25, 0.3) is 0 Å². The molecule has 120 valence electrons. The summed E-state index contributed by atoms with van der Waals surface area (Å²) < 4.78 is 6.43. The number of carbonyl (C=O) groups excluding carboxylic acids is 1. The predicted molar refractivity (Wildman–Crippen MR) is 92.2 cm³/mol. The first-order valence-electron chi connectivity index (χ1n) is 6.75. The number of amides is 1. The van der Waals surface area contributed by atoms with Crippen molar-refractivity contribution in [2.75, 3.05) is 33.9 Å². The van der Waals surface area contributed by atoms with Gasteiger partial charge in [-0.3, -0.25) is 4.79 Å². The highest BCUT2D eigenvalue weighted by molar-refractivity contribution is 9.11. The Morgan fingerprint density at radius 1 is 1.52 bits per heavy atom. The summed E-state index contributed by atoms with van der Waals surface area (Å²) >= 11 is 5.10. The number of methoxy groups -OCH3 is 1. The molecule has 1 aliphatic heterocycles. The van der Waals surface area contributed by atoms with Crippen LogP contribution in [0.3, 0.4) is 0 Å². The van der Waals surface area contributed by atoms with E-state index in [0.717, 1.165) is 29.7 Å². The Morgan fingerprint density at radius 3 is 2.71 bits per heavy atom. The van der Waals surface area contributed by atoms with Crippen LogP contribution in [0.1, 0.15) is 18.4 Å². The molecule has 1 N–H and O–H groups in total. The average Bonchev–Trinajstić information content (AvgIpc) is 2.84. The maximum atomic E-state index is 12.8. The largest absolute Gasteiger partial charge is 0.384 e. The van der Waals surface area contributed by atoms with Gasteiger partial charge in [0.25, 0.3) is 0 Å². The molecule has 0 aromatic carbocycles. The number of nitrogens with one attached hydrogen (secondary N) is 1. The first-order valence-corrected chi connectivity index (χ1v) is 8.43. The summed E-state index contributed by atoms with van der Waals surface area (Å²) in [5.74, 6) is 0.197. The number of thiophene rings is 1. The fourth-order valence-electron chi connectivity index (χ4n) is 2.78. The molecule has 1 amide bonds. The van der Waals surface area contributed by atoms with E-state index in [0.29, 0.717) is 13.2 Å². The Balaban J connectivity index is 0.00000220. The molecule has 2 heterocycles. The van der Waals surface area contributed by atoms with E-state index in [1.165, 1.54) is 5.56 Å². The molecule has 1 aromatic rings. The minimum atomic E-state index is -0.359. The lowest BCUT2D eigenvalue weighted by molar-refractivity contribution is -0.146. The number of rotatable bonds is 5. The summed E-state index contributed by atoms with van der Waals surface area (Å²) in [6.45, 7) is 2.92. The van der Waals surface area contributed by atoms with Gasteiger partial charge in [-0.1, -0.05) is 0 Å². The van der Waals surface area contributed by atoms with Crippen molar-refractivity contribution in [2.45, 2.75) is 19.4 Å². The molecule has 0 radical (unpaired) electrons. The fraction of sp³-hybridized carbons (Fsp3) is 0.643. The smallest absolute Gasteiger partial charge is 0.231 e. The average molecular weight is 398 g/mol. The van der Waals surface area contributed by atoms with Crippen LogP contribution in [-0.4, -0.2) is 44.7 Å². The lowest BCUT2D eigenvalue weighted by Crippen LogP contribution is -2.50. The number of ether oxygens (including phenoxy) is 1. The van der Waals surface area contributed by atoms with E-state index in [2.05, 4.69) is 32.7 Å². The van der Waals surface area contributed by atoms with Crippen LogP contribution in [0.4, 0.5) is 0 Å². The van der Waals surface area contributed by atoms with Gasteiger partial charge in [0.05, 0.1) is 15.8 Å². The third kappa shape index (κ3) is 4.66. The third-order valence-corrected chi connectivity index (χ3v) is 5.38. The van der Waals surface area contributed by atoms with E-state index < -0.39 is 0 Å². The number of hydrogen-bond acceptors (Lipinski definition) is 4. The SMILES string of the molecule is COCC1(C(=O)N(C)Cc2csc(Br)c2)CCNCC1.Cl. The molecule has 0 bridgehead atoms. The molecule has 4 nitrogen and oxygen atoms in total. The first kappa shape index (κ1) is 18.9. The number of halogens is 2. The maximum Gasteiger partial charge on any atom is 0.231 e. The fourth-order valence-corrected chi connectivity index (χ4v) is 3.98. The maximum absolute atomic E-state index is 12.8. The number of hydrogen-bond donors (Lipinski definition) is 1. The van der Waals surface area contributed by atoms with Crippen LogP contribution >= 0.6 is 39.7 Å². The standard InChI is InChI=1S/C14H21BrN2O2S.ClH/c1-17(8-11-7-12(15)20-9-11)13(18)14(10-19-2)3-5-16-6-4-14;/h7,9,16H,3-6,8,10H2,1-2H3;1H. The van der Waals surface area contributed by atoms with Crippen LogP contribution in [0.2, 0.25) is 0 Å². The second kappa shape index (κ2) is 8.48. The molecule has 1 fully saturated rings. The van der Waals surface area contributed by atoms with Gasteiger partial charge in [0, 0.05) is 20.7 Å². The first-order chi connectivity index (χ1) is 9.57. The highest BCUT2D eigenvalue weighted by atomic mass is 79.9. The Morgan fingerprint density at radius 2 is 2.19 bits per heavy atom. The molecule has 0 spiro atoms. The van der Waals surface area contributed by atoms with Gasteiger partial charge in [0.15, 0.2) is 0 Å². The monoisotopic (exact) mass is 396 g/mol. The van der Waals surface area contributed by atoms with Crippen molar-refractivity contribution in [1.82, 2.24) is 10.2 Å². The van der Waals surface area contributed by atoms with E-state index in [9.17, 15) is 4.79 Å². The van der Waals surface area contributed by atoms with E-state index in [-0.39, 0.29) is 23.7 Å². The van der Waals surface area contributed by atoms with Crippen molar-refractivity contribution in [3.05, 3.63) is 20.8 Å². The minimum absolute atomic E-state index is 0. The van der Waals surface area contributed by atoms with Crippen molar-refractivity contribution in [3.63, 3.8) is 0 Å². The van der Waals surface area contributed by atoms with Gasteiger partial charge in [-0.25, -0.2) is 0 Å². The van der Waals surface area contributed by atoms with Crippen LogP contribution < -0.4 is 5.32 Å². The Labute approximate surface area is 144 Å². The number of piperidine rings is 1. The molecule has 2 rings (SSSR count). The number of nitrogens with zero attached hydrogens (tertiary/aromatic N) is 1. The zero-order valence-corrected chi connectivity index (χ0v) is 15.6. The van der Waals surface area contributed by atoms with Gasteiger partial charge in [0.1, 0.15) is 0 Å². The van der Waals surface area contributed by atoms with Gasteiger partial charge in [-0.2, -0.15) is 0 Å². The molecule has 1 aliphatic rings. The van der Waals surface area contributed by atoms with Gasteiger partial charge in [-0.15, -0.1) is 23.7 Å². The minimum Gasteiger partial charge on any atom is -0.384 e. The third-order valence-electron chi connectivity index (χ3n) is 3.82. The highest BCUT2D eigenvalue weighted by Gasteiger charge is 2.41. The van der Waals surface area contributed by atoms with Crippen molar-refractivity contribution in [3.8, 4) is 0 Å². The van der Waals surface area contributed by atoms with Crippen molar-refractivity contribution >= 4 is 45.6 Å². The molecular weight excluding hydrogens is 376 g/mol. The summed E-state index contributed by atoms with van der Waals surface area (Å²) in [5, 5.41) is 5.40. The van der Waals surface area contributed by atoms with Crippen molar-refractivity contribution in [2.24, 2.45) is 5.41 Å². The van der Waals surface area contributed by atoms with Gasteiger partial charge >= 0.3 is 0 Å². The zero-order chi connectivity index (χ0) is 14.6. The zero-order valence-electron chi connectivity index (χ0n) is 12.4. The molecule has 0 saturated carbocycles. The predicted octanol–water partition coefficient (Wildman–Crippen LogP) is 2.91. The van der Waals surface area contributed by atoms with Crippen molar-refractivity contribution < 1.29 is 9.53 Å². The highest BCUT2D eigenvalue weighted by Crippen LogP contribution is 2.32. The van der Waals surface area contributed by atoms with Crippen molar-refractivity contribution in [1.29, 1.82) is 0 Å². The lowest BCUT2D eigenvalue weighted by atomic mass is 9.78. The second-order valence-corrected chi connectivity index (χ2v) is 7.67. The summed E-state index contributed by atoms with van der Waals surface area (Å²) in [4.78, 5) is 14.7. The van der Waals surface area contributed by atoms with E-state index in [1.807, 2.05) is 11.9 Å². The molecular formula is C14H22BrClN2O2S. The van der Waals surface area contributed by atoms with Gasteiger partial charge in [0.2, 0.25) is 5.91 Å². The summed E-state index contributed by atoms with van der Waals surface area (Å²) in [7, 11) is 3.56. The Bertz CT molecular complexity index is 458.